The first-order valence-electron chi connectivity index (χ1n) is 5.54. The Labute approximate surface area is 99.6 Å². The quantitative estimate of drug-likeness (QED) is 0.291. The number of anilines is 1. The van der Waals surface area contributed by atoms with Gasteiger partial charge < -0.3 is 4.90 Å². The molecule has 0 fully saturated rings. The first-order chi connectivity index (χ1) is 8.13. The zero-order valence-corrected chi connectivity index (χ0v) is 9.64. The molecule has 1 unspecified atom stereocenters. The molecule has 5 heteroatoms. The number of nitrogens with two attached hydrogens (primary N) is 1. The van der Waals surface area contributed by atoms with Crippen LogP contribution in [0.25, 0.3) is 0 Å². The first kappa shape index (κ1) is 11.6. The van der Waals surface area contributed by atoms with E-state index in [2.05, 4.69) is 6.92 Å². The van der Waals surface area contributed by atoms with Gasteiger partial charge in [0.25, 0.3) is 0 Å². The zero-order chi connectivity index (χ0) is 12.4. The number of nitrogens with one attached hydrogen (secondary N) is 1. The summed E-state index contributed by atoms with van der Waals surface area (Å²) < 4.78 is 0. The number of nitrogens with zero attached hydrogens (tertiary/aromatic N) is 1. The van der Waals surface area contributed by atoms with Crippen LogP contribution < -0.4 is 16.2 Å². The number of carbonyl (C=O) groups excluding carboxylic acids is 2. The maximum Gasteiger partial charge on any atom is 0.323 e. The average Bonchev–Trinajstić information content (AvgIpc) is 2.35. The fourth-order valence-electron chi connectivity index (χ4n) is 2.17. The van der Waals surface area contributed by atoms with Crippen LogP contribution in [-0.2, 0) is 16.0 Å². The van der Waals surface area contributed by atoms with E-state index < -0.39 is 11.8 Å². The molecular formula is C12H15N3O2. The Kier molecular flexibility index (Phi) is 3.10. The lowest BCUT2D eigenvalue weighted by molar-refractivity contribution is -0.137. The van der Waals surface area contributed by atoms with Gasteiger partial charge in [-0.25, -0.2) is 5.84 Å². The van der Waals surface area contributed by atoms with Gasteiger partial charge in [0.05, 0.1) is 0 Å². The van der Waals surface area contributed by atoms with E-state index in [0.717, 1.165) is 17.7 Å². The summed E-state index contributed by atoms with van der Waals surface area (Å²) in [4.78, 5) is 24.7. The minimum absolute atomic E-state index is 0.333. The molecule has 1 aromatic rings. The highest BCUT2D eigenvalue weighted by atomic mass is 16.2. The molecule has 1 aliphatic rings. The van der Waals surface area contributed by atoms with Crippen molar-refractivity contribution in [1.82, 2.24) is 5.43 Å². The lowest BCUT2D eigenvalue weighted by atomic mass is 9.94. The Balaban J connectivity index is 2.36. The van der Waals surface area contributed by atoms with E-state index in [1.807, 2.05) is 29.7 Å². The molecule has 0 spiro atoms. The maximum absolute atomic E-state index is 11.9. The summed E-state index contributed by atoms with van der Waals surface area (Å²) in [7, 11) is 0. The van der Waals surface area contributed by atoms with Gasteiger partial charge in [-0.05, 0) is 24.0 Å². The molecule has 1 aromatic carbocycles. The van der Waals surface area contributed by atoms with Crippen LogP contribution in [0.15, 0.2) is 24.3 Å². The average molecular weight is 233 g/mol. The van der Waals surface area contributed by atoms with E-state index in [1.54, 1.807) is 0 Å². The van der Waals surface area contributed by atoms with Crippen molar-refractivity contribution in [2.75, 3.05) is 11.4 Å². The predicted octanol–water partition coefficient (Wildman–Crippen LogP) is 0.202. The predicted molar refractivity (Wildman–Crippen MR) is 64.0 cm³/mol. The smallest absolute Gasteiger partial charge is 0.304 e. The molecule has 1 aliphatic heterocycles. The van der Waals surface area contributed by atoms with Crippen molar-refractivity contribution >= 4 is 17.5 Å². The van der Waals surface area contributed by atoms with Crippen LogP contribution in [0.2, 0.25) is 0 Å². The number of para-hydroxylation sites is 1. The molecule has 2 amide bonds. The number of hydrogen-bond acceptors (Lipinski definition) is 3. The summed E-state index contributed by atoms with van der Waals surface area (Å²) in [6, 6.07) is 7.62. The zero-order valence-electron chi connectivity index (χ0n) is 9.64. The summed E-state index contributed by atoms with van der Waals surface area (Å²) in [6.07, 6.45) is 0.921. The second-order valence-corrected chi connectivity index (χ2v) is 4.33. The third-order valence-corrected chi connectivity index (χ3v) is 2.92. The lowest BCUT2D eigenvalue weighted by Gasteiger charge is -2.32. The molecule has 17 heavy (non-hydrogen) atoms. The van der Waals surface area contributed by atoms with Crippen molar-refractivity contribution in [2.45, 2.75) is 13.3 Å². The van der Waals surface area contributed by atoms with E-state index in [-0.39, 0.29) is 0 Å². The number of hydrazine groups is 1. The normalized spacial score (nSPS) is 18.5. The maximum atomic E-state index is 11.9. The summed E-state index contributed by atoms with van der Waals surface area (Å²) in [5, 5.41) is 0. The van der Waals surface area contributed by atoms with E-state index in [0.29, 0.717) is 12.5 Å². The van der Waals surface area contributed by atoms with Gasteiger partial charge in [-0.3, -0.25) is 15.0 Å². The number of hydrogen-bond donors (Lipinski definition) is 2. The highest BCUT2D eigenvalue weighted by Crippen LogP contribution is 2.29. The van der Waals surface area contributed by atoms with E-state index in [9.17, 15) is 9.59 Å². The molecule has 0 radical (unpaired) electrons. The molecule has 3 N–H and O–H groups in total. The fraction of sp³-hybridized carbons (Fsp3) is 0.333. The minimum atomic E-state index is -0.783. The Morgan fingerprint density at radius 3 is 2.82 bits per heavy atom. The van der Waals surface area contributed by atoms with Crippen molar-refractivity contribution in [2.24, 2.45) is 11.8 Å². The molecule has 1 atom stereocenters. The molecule has 0 saturated carbocycles. The van der Waals surface area contributed by atoms with Gasteiger partial charge >= 0.3 is 11.8 Å². The van der Waals surface area contributed by atoms with Crippen LogP contribution in [0.5, 0.6) is 0 Å². The van der Waals surface area contributed by atoms with Gasteiger partial charge in [0.15, 0.2) is 0 Å². The Morgan fingerprint density at radius 1 is 1.41 bits per heavy atom. The van der Waals surface area contributed by atoms with Crippen LogP contribution in [0.4, 0.5) is 5.69 Å². The Bertz CT molecular complexity index is 459. The third kappa shape index (κ3) is 2.14. The van der Waals surface area contributed by atoms with Gasteiger partial charge in [-0.2, -0.15) is 0 Å². The highest BCUT2D eigenvalue weighted by Gasteiger charge is 2.29. The van der Waals surface area contributed by atoms with Gasteiger partial charge in [0, 0.05) is 12.2 Å². The molecule has 1 heterocycles. The molecule has 90 valence electrons. The number of benzene rings is 1. The SMILES string of the molecule is CC1Cc2ccccc2N(C(=O)C(=O)NN)C1. The summed E-state index contributed by atoms with van der Waals surface area (Å²) in [5.41, 5.74) is 3.77. The monoisotopic (exact) mass is 233 g/mol. The van der Waals surface area contributed by atoms with E-state index in [4.69, 9.17) is 5.84 Å². The Morgan fingerprint density at radius 2 is 2.12 bits per heavy atom. The van der Waals surface area contributed by atoms with Crippen LogP contribution in [0.3, 0.4) is 0 Å². The van der Waals surface area contributed by atoms with Crippen LogP contribution in [-0.4, -0.2) is 18.4 Å². The molecule has 5 nitrogen and oxygen atoms in total. The second kappa shape index (κ2) is 4.55. The summed E-state index contributed by atoms with van der Waals surface area (Å²) in [6.45, 7) is 2.60. The van der Waals surface area contributed by atoms with Crippen LogP contribution in [0.1, 0.15) is 12.5 Å². The minimum Gasteiger partial charge on any atom is -0.304 e. The third-order valence-electron chi connectivity index (χ3n) is 2.92. The molecule has 0 bridgehead atoms. The van der Waals surface area contributed by atoms with Crippen molar-refractivity contribution in [3.05, 3.63) is 29.8 Å². The Hall–Kier alpha value is -1.88. The van der Waals surface area contributed by atoms with E-state index in [1.165, 1.54) is 4.90 Å². The highest BCUT2D eigenvalue weighted by molar-refractivity contribution is 6.40. The van der Waals surface area contributed by atoms with Gasteiger partial charge in [-0.1, -0.05) is 25.1 Å². The number of amides is 2. The van der Waals surface area contributed by atoms with Crippen LogP contribution >= 0.6 is 0 Å². The summed E-state index contributed by atoms with van der Waals surface area (Å²) in [5.74, 6) is 3.93. The van der Waals surface area contributed by atoms with E-state index >= 15 is 0 Å². The molecule has 0 aliphatic carbocycles. The summed E-state index contributed by atoms with van der Waals surface area (Å²) >= 11 is 0. The molecule has 0 saturated heterocycles. The molecule has 0 aromatic heterocycles. The number of carbonyl (C=O) groups is 2. The topological polar surface area (TPSA) is 75.4 Å². The van der Waals surface area contributed by atoms with Gasteiger partial charge in [0.2, 0.25) is 0 Å². The lowest BCUT2D eigenvalue weighted by Crippen LogP contribution is -2.48. The van der Waals surface area contributed by atoms with Crippen molar-refractivity contribution in [3.8, 4) is 0 Å². The first-order valence-corrected chi connectivity index (χ1v) is 5.54. The number of rotatable bonds is 0. The second-order valence-electron chi connectivity index (χ2n) is 4.33. The number of fused-ring (bicyclic) bond motifs is 1. The van der Waals surface area contributed by atoms with Crippen LogP contribution in [0, 0.1) is 5.92 Å². The standard InChI is InChI=1S/C12H15N3O2/c1-8-6-9-4-2-3-5-10(9)15(7-8)12(17)11(16)14-13/h2-5,8H,6-7,13H2,1H3,(H,14,16). The van der Waals surface area contributed by atoms with Gasteiger partial charge in [-0.15, -0.1) is 0 Å². The molecule has 2 rings (SSSR count). The fourth-order valence-corrected chi connectivity index (χ4v) is 2.17. The largest absolute Gasteiger partial charge is 0.323 e. The van der Waals surface area contributed by atoms with Gasteiger partial charge in [0.1, 0.15) is 0 Å². The van der Waals surface area contributed by atoms with Crippen molar-refractivity contribution in [1.29, 1.82) is 0 Å². The molecular weight excluding hydrogens is 218 g/mol. The van der Waals surface area contributed by atoms with Crippen molar-refractivity contribution in [3.63, 3.8) is 0 Å². The van der Waals surface area contributed by atoms with Crippen molar-refractivity contribution < 1.29 is 9.59 Å².